The minimum Gasteiger partial charge on any atom is -0.347 e. The van der Waals surface area contributed by atoms with E-state index >= 15 is 0 Å². The van der Waals surface area contributed by atoms with Gasteiger partial charge < -0.3 is 4.90 Å². The van der Waals surface area contributed by atoms with Gasteiger partial charge in [-0.3, -0.25) is 4.57 Å². The van der Waals surface area contributed by atoms with Gasteiger partial charge >= 0.3 is 0 Å². The number of nitrogens with zero attached hydrogens (tertiary/aromatic N) is 4. The van der Waals surface area contributed by atoms with Gasteiger partial charge in [0.25, 0.3) is 0 Å². The Bertz CT molecular complexity index is 391. The molecule has 84 valence electrons. The van der Waals surface area contributed by atoms with Crippen LogP contribution in [0.3, 0.4) is 0 Å². The summed E-state index contributed by atoms with van der Waals surface area (Å²) in [5, 5.41) is 0.847. The van der Waals surface area contributed by atoms with Crippen molar-refractivity contribution < 1.29 is 0 Å². The molecule has 0 fully saturated rings. The van der Waals surface area contributed by atoms with Gasteiger partial charge in [0, 0.05) is 26.5 Å². The summed E-state index contributed by atoms with van der Waals surface area (Å²) in [7, 11) is 3.78. The Morgan fingerprint density at radius 1 is 1.47 bits per heavy atom. The quantitative estimate of drug-likeness (QED) is 0.472. The molecule has 1 heterocycles. The molecule has 0 aliphatic heterocycles. The van der Waals surface area contributed by atoms with Crippen LogP contribution >= 0.6 is 35.6 Å². The second kappa shape index (κ2) is 5.67. The maximum atomic E-state index is 5.70. The fourth-order valence-corrected chi connectivity index (χ4v) is 2.09. The second-order valence-electron chi connectivity index (χ2n) is 3.03. The summed E-state index contributed by atoms with van der Waals surface area (Å²) in [5.41, 5.74) is 0. The topological polar surface area (TPSA) is 34.0 Å². The molecule has 1 aromatic rings. The Balaban J connectivity index is 3.24. The van der Waals surface area contributed by atoms with Gasteiger partial charge in [0.1, 0.15) is 0 Å². The van der Waals surface area contributed by atoms with Gasteiger partial charge in [0.05, 0.1) is 0 Å². The normalized spacial score (nSPS) is 10.4. The number of hydrogen-bond acceptors (Lipinski definition) is 5. The molecule has 15 heavy (non-hydrogen) atoms. The van der Waals surface area contributed by atoms with Crippen LogP contribution in [0.2, 0.25) is 0 Å². The molecule has 0 amide bonds. The Morgan fingerprint density at radius 2 is 2.13 bits per heavy atom. The average molecular weight is 265 g/mol. The molecule has 0 unspecified atom stereocenters. The largest absolute Gasteiger partial charge is 0.347 e. The molecule has 0 bridgehead atoms. The van der Waals surface area contributed by atoms with Crippen molar-refractivity contribution in [1.29, 1.82) is 0 Å². The van der Waals surface area contributed by atoms with Crippen molar-refractivity contribution in [3.8, 4) is 0 Å². The molecule has 0 aliphatic rings. The van der Waals surface area contributed by atoms with Crippen molar-refractivity contribution in [1.82, 2.24) is 14.5 Å². The van der Waals surface area contributed by atoms with Gasteiger partial charge in [-0.25, -0.2) is 0 Å². The molecule has 0 N–H and O–H groups in total. The molecule has 0 spiro atoms. The molecule has 0 saturated carbocycles. The summed E-state index contributed by atoms with van der Waals surface area (Å²) in [6, 6.07) is 0. The molecular weight excluding hydrogens is 252 g/mol. The van der Waals surface area contributed by atoms with Crippen LogP contribution in [0.1, 0.15) is 0 Å². The van der Waals surface area contributed by atoms with E-state index in [1.54, 1.807) is 11.8 Å². The van der Waals surface area contributed by atoms with Crippen LogP contribution in [-0.2, 0) is 6.54 Å². The number of alkyl halides is 1. The van der Waals surface area contributed by atoms with Gasteiger partial charge in [-0.15, -0.1) is 11.6 Å². The third kappa shape index (κ3) is 3.06. The highest BCUT2D eigenvalue weighted by atomic mass is 35.5. The van der Waals surface area contributed by atoms with Crippen LogP contribution in [0.5, 0.6) is 0 Å². The second-order valence-corrected chi connectivity index (χ2v) is 4.54. The lowest BCUT2D eigenvalue weighted by atomic mass is 10.7. The van der Waals surface area contributed by atoms with E-state index in [1.165, 1.54) is 0 Å². The minimum absolute atomic E-state index is 0.506. The van der Waals surface area contributed by atoms with Crippen molar-refractivity contribution in [2.24, 2.45) is 0 Å². The van der Waals surface area contributed by atoms with Crippen LogP contribution in [0, 0.1) is 4.77 Å². The Kier molecular flexibility index (Phi) is 4.82. The summed E-state index contributed by atoms with van der Waals surface area (Å²) in [5.74, 6) is 1.14. The monoisotopic (exact) mass is 264 g/mol. The summed E-state index contributed by atoms with van der Waals surface area (Å²) >= 11 is 12.4. The number of rotatable bonds is 4. The zero-order valence-electron chi connectivity index (χ0n) is 8.90. The SMILES string of the molecule is CSc1nc(N(C)C)nc(=S)n1CCCl. The zero-order chi connectivity index (χ0) is 11.4. The third-order valence-electron chi connectivity index (χ3n) is 1.74. The van der Waals surface area contributed by atoms with Crippen LogP contribution in [0.15, 0.2) is 5.16 Å². The van der Waals surface area contributed by atoms with Gasteiger partial charge in [0.2, 0.25) is 10.7 Å². The number of thioether (sulfide) groups is 1. The summed E-state index contributed by atoms with van der Waals surface area (Å²) in [6.45, 7) is 0.643. The number of anilines is 1. The standard InChI is InChI=1S/C8H13ClN4S2/c1-12(2)6-10-7(14)13(5-4-9)8(11-6)15-3/h4-5H2,1-3H3. The number of halogens is 1. The van der Waals surface area contributed by atoms with Gasteiger partial charge in [-0.05, 0) is 18.5 Å². The highest BCUT2D eigenvalue weighted by molar-refractivity contribution is 7.98. The molecule has 7 heteroatoms. The van der Waals surface area contributed by atoms with E-state index in [2.05, 4.69) is 9.97 Å². The zero-order valence-corrected chi connectivity index (χ0v) is 11.3. The Morgan fingerprint density at radius 3 is 2.60 bits per heavy atom. The molecule has 0 aromatic carbocycles. The Labute approximate surface area is 104 Å². The molecule has 0 atom stereocenters. The highest BCUT2D eigenvalue weighted by Crippen LogP contribution is 2.15. The van der Waals surface area contributed by atoms with E-state index in [0.717, 1.165) is 5.16 Å². The first-order valence-corrected chi connectivity index (χ1v) is 6.53. The Hall–Kier alpha value is -0.330. The van der Waals surface area contributed by atoms with Gasteiger partial charge in [0.15, 0.2) is 5.16 Å². The van der Waals surface area contributed by atoms with E-state index in [1.807, 2.05) is 29.8 Å². The van der Waals surface area contributed by atoms with Gasteiger partial charge in [-0.2, -0.15) is 9.97 Å². The summed E-state index contributed by atoms with van der Waals surface area (Å²) in [6.07, 6.45) is 1.96. The van der Waals surface area contributed by atoms with Crippen molar-refractivity contribution in [3.05, 3.63) is 4.77 Å². The number of hydrogen-bond donors (Lipinski definition) is 0. The molecule has 0 saturated heterocycles. The fraction of sp³-hybridized carbons (Fsp3) is 0.625. The molecule has 4 nitrogen and oxygen atoms in total. The van der Waals surface area contributed by atoms with E-state index < -0.39 is 0 Å². The first-order valence-electron chi connectivity index (χ1n) is 4.36. The average Bonchev–Trinajstić information content (AvgIpc) is 2.20. The van der Waals surface area contributed by atoms with E-state index in [4.69, 9.17) is 23.8 Å². The number of aromatic nitrogens is 3. The van der Waals surface area contributed by atoms with Crippen LogP contribution in [-0.4, -0.2) is 40.8 Å². The van der Waals surface area contributed by atoms with E-state index in [-0.39, 0.29) is 0 Å². The van der Waals surface area contributed by atoms with E-state index in [9.17, 15) is 0 Å². The fourth-order valence-electron chi connectivity index (χ4n) is 1.03. The van der Waals surface area contributed by atoms with Gasteiger partial charge in [-0.1, -0.05) is 11.8 Å². The predicted molar refractivity (Wildman–Crippen MR) is 67.7 cm³/mol. The summed E-state index contributed by atoms with van der Waals surface area (Å²) in [4.78, 5) is 10.4. The van der Waals surface area contributed by atoms with E-state index in [0.29, 0.717) is 23.1 Å². The molecule has 1 rings (SSSR count). The van der Waals surface area contributed by atoms with Crippen molar-refractivity contribution >= 4 is 41.5 Å². The first-order chi connectivity index (χ1) is 7.10. The summed E-state index contributed by atoms with van der Waals surface area (Å²) < 4.78 is 2.37. The lowest BCUT2D eigenvalue weighted by Crippen LogP contribution is -2.17. The van der Waals surface area contributed by atoms with Crippen molar-refractivity contribution in [2.45, 2.75) is 11.7 Å². The lowest BCUT2D eigenvalue weighted by Gasteiger charge is -2.14. The van der Waals surface area contributed by atoms with Crippen molar-refractivity contribution in [3.63, 3.8) is 0 Å². The molecule has 0 radical (unpaired) electrons. The third-order valence-corrected chi connectivity index (χ3v) is 2.90. The maximum absolute atomic E-state index is 5.70. The van der Waals surface area contributed by atoms with Crippen molar-refractivity contribution in [2.75, 3.05) is 31.1 Å². The van der Waals surface area contributed by atoms with Crippen LogP contribution in [0.25, 0.3) is 0 Å². The molecule has 0 aliphatic carbocycles. The lowest BCUT2D eigenvalue weighted by molar-refractivity contribution is 0.614. The first kappa shape index (κ1) is 12.7. The van der Waals surface area contributed by atoms with Crippen LogP contribution < -0.4 is 4.90 Å². The highest BCUT2D eigenvalue weighted by Gasteiger charge is 2.07. The smallest absolute Gasteiger partial charge is 0.229 e. The molecule has 1 aromatic heterocycles. The van der Waals surface area contributed by atoms with Crippen LogP contribution in [0.4, 0.5) is 5.95 Å². The molecular formula is C8H13ClN4S2. The minimum atomic E-state index is 0.506. The maximum Gasteiger partial charge on any atom is 0.229 e. The predicted octanol–water partition coefficient (Wildman–Crippen LogP) is 2.03.